The first-order chi connectivity index (χ1) is 13.5. The van der Waals surface area contributed by atoms with Crippen LogP contribution in [0.5, 0.6) is 0 Å². The van der Waals surface area contributed by atoms with Crippen LogP contribution in [0.2, 0.25) is 0 Å². The molecule has 0 aromatic carbocycles. The second kappa shape index (κ2) is 7.50. The third-order valence-corrected chi connectivity index (χ3v) is 5.72. The number of fused-ring (bicyclic) bond motifs is 2. The molecule has 0 spiro atoms. The van der Waals surface area contributed by atoms with Crippen LogP contribution in [0.1, 0.15) is 36.6 Å². The van der Waals surface area contributed by atoms with Crippen molar-refractivity contribution in [3.63, 3.8) is 0 Å². The highest BCUT2D eigenvalue weighted by atomic mass is 16.5. The fraction of sp³-hybridized carbons (Fsp3) is 0.600. The van der Waals surface area contributed by atoms with Gasteiger partial charge in [-0.15, -0.1) is 0 Å². The van der Waals surface area contributed by atoms with Gasteiger partial charge in [-0.25, -0.2) is 4.98 Å². The molecular weight excluding hydrogens is 356 g/mol. The topological polar surface area (TPSA) is 92.3 Å². The number of esters is 1. The molecular formula is C20H28N6O2. The van der Waals surface area contributed by atoms with Gasteiger partial charge in [-0.1, -0.05) is 6.92 Å². The minimum absolute atomic E-state index is 0.0572. The Balaban J connectivity index is 1.67. The molecule has 4 rings (SSSR count). The summed E-state index contributed by atoms with van der Waals surface area (Å²) in [5, 5.41) is 7.58. The zero-order valence-corrected chi connectivity index (χ0v) is 17.0. The number of likely N-dealkylation sites (tertiary alicyclic amines) is 1. The van der Waals surface area contributed by atoms with Crippen molar-refractivity contribution in [2.45, 2.75) is 51.7 Å². The summed E-state index contributed by atoms with van der Waals surface area (Å²) in [7, 11) is 3.89. The summed E-state index contributed by atoms with van der Waals surface area (Å²) in [4.78, 5) is 28.2. The van der Waals surface area contributed by atoms with E-state index in [1.54, 1.807) is 0 Å². The molecule has 1 aliphatic carbocycles. The molecule has 0 radical (unpaired) electrons. The van der Waals surface area contributed by atoms with Crippen LogP contribution in [-0.4, -0.2) is 65.2 Å². The maximum absolute atomic E-state index is 11.8. The van der Waals surface area contributed by atoms with Gasteiger partial charge in [-0.05, 0) is 44.4 Å². The average molecular weight is 384 g/mol. The van der Waals surface area contributed by atoms with Crippen molar-refractivity contribution in [2.24, 2.45) is 0 Å². The van der Waals surface area contributed by atoms with Crippen LogP contribution < -0.4 is 10.6 Å². The lowest BCUT2D eigenvalue weighted by atomic mass is 10.1. The molecule has 2 aliphatic rings. The fourth-order valence-corrected chi connectivity index (χ4v) is 4.29. The van der Waals surface area contributed by atoms with E-state index in [-0.39, 0.29) is 18.1 Å². The van der Waals surface area contributed by atoms with Crippen molar-refractivity contribution >= 4 is 28.8 Å². The Morgan fingerprint density at radius 3 is 2.82 bits per heavy atom. The van der Waals surface area contributed by atoms with Crippen molar-refractivity contribution < 1.29 is 9.53 Å². The van der Waals surface area contributed by atoms with Gasteiger partial charge in [-0.2, -0.15) is 9.97 Å². The third kappa shape index (κ3) is 3.37. The molecule has 2 aromatic rings. The van der Waals surface area contributed by atoms with Crippen LogP contribution in [-0.2, 0) is 22.4 Å². The van der Waals surface area contributed by atoms with Crippen LogP contribution in [0.15, 0.2) is 0 Å². The van der Waals surface area contributed by atoms with Gasteiger partial charge in [0.15, 0.2) is 5.65 Å². The van der Waals surface area contributed by atoms with E-state index in [1.807, 2.05) is 21.0 Å². The first-order valence-electron chi connectivity index (χ1n) is 10.0. The number of nitrogens with zero attached hydrogens (tertiary/aromatic N) is 4. The summed E-state index contributed by atoms with van der Waals surface area (Å²) >= 11 is 0. The van der Waals surface area contributed by atoms with E-state index < -0.39 is 0 Å². The lowest BCUT2D eigenvalue weighted by Crippen LogP contribution is -2.36. The lowest BCUT2D eigenvalue weighted by molar-refractivity contribution is -0.148. The summed E-state index contributed by atoms with van der Waals surface area (Å²) in [6.45, 7) is 5.40. The zero-order valence-electron chi connectivity index (χ0n) is 17.0. The Morgan fingerprint density at radius 1 is 1.25 bits per heavy atom. The number of pyridine rings is 1. The number of hydrogen-bond donors (Lipinski definition) is 2. The molecule has 2 aromatic heterocycles. The number of likely N-dealkylation sites (N-methyl/N-ethyl adjacent to an activating group) is 1. The monoisotopic (exact) mass is 384 g/mol. The quantitative estimate of drug-likeness (QED) is 0.756. The van der Waals surface area contributed by atoms with Gasteiger partial charge < -0.3 is 20.3 Å². The first-order valence-corrected chi connectivity index (χ1v) is 10.0. The molecule has 1 aliphatic heterocycles. The van der Waals surface area contributed by atoms with E-state index in [1.165, 1.54) is 11.1 Å². The highest BCUT2D eigenvalue weighted by Crippen LogP contribution is 2.32. The standard InChI is InChI=1S/C20H28N6O2/c1-5-16(27)28-15-10-26(4)9-14(15)23-20-24-18(21-3)17-11(2)12-7-6-8-13(12)22-19(17)25-20/h14-15H,5-10H2,1-4H3,(H2,21,22,23,24,25)/t14-,15-/m0/s1. The first kappa shape index (κ1) is 18.9. The molecule has 28 heavy (non-hydrogen) atoms. The predicted molar refractivity (Wildman–Crippen MR) is 109 cm³/mol. The molecule has 0 saturated carbocycles. The molecule has 1 fully saturated rings. The van der Waals surface area contributed by atoms with E-state index >= 15 is 0 Å². The maximum Gasteiger partial charge on any atom is 0.305 e. The van der Waals surface area contributed by atoms with Crippen molar-refractivity contribution in [1.29, 1.82) is 0 Å². The van der Waals surface area contributed by atoms with Gasteiger partial charge >= 0.3 is 5.97 Å². The number of rotatable bonds is 5. The van der Waals surface area contributed by atoms with Crippen molar-refractivity contribution in [1.82, 2.24) is 19.9 Å². The number of hydrogen-bond acceptors (Lipinski definition) is 8. The third-order valence-electron chi connectivity index (χ3n) is 5.72. The van der Waals surface area contributed by atoms with Crippen LogP contribution in [0, 0.1) is 6.92 Å². The number of aryl methyl sites for hydroxylation is 2. The molecule has 0 amide bonds. The minimum atomic E-state index is -0.218. The highest BCUT2D eigenvalue weighted by Gasteiger charge is 2.34. The smallest absolute Gasteiger partial charge is 0.305 e. The molecule has 8 heteroatoms. The molecule has 8 nitrogen and oxygen atoms in total. The summed E-state index contributed by atoms with van der Waals surface area (Å²) < 4.78 is 5.61. The van der Waals surface area contributed by atoms with Crippen molar-refractivity contribution in [2.75, 3.05) is 37.8 Å². The van der Waals surface area contributed by atoms with Crippen LogP contribution in [0.3, 0.4) is 0 Å². The Kier molecular flexibility index (Phi) is 5.05. The second-order valence-electron chi connectivity index (χ2n) is 7.71. The van der Waals surface area contributed by atoms with Gasteiger partial charge in [0.2, 0.25) is 5.95 Å². The van der Waals surface area contributed by atoms with Crippen LogP contribution >= 0.6 is 0 Å². The van der Waals surface area contributed by atoms with Gasteiger partial charge in [-0.3, -0.25) is 4.79 Å². The summed E-state index contributed by atoms with van der Waals surface area (Å²) in [6, 6.07) is -0.0572. The molecule has 150 valence electrons. The van der Waals surface area contributed by atoms with Gasteiger partial charge in [0.05, 0.1) is 11.4 Å². The number of ether oxygens (including phenoxy) is 1. The maximum atomic E-state index is 11.8. The number of aromatic nitrogens is 3. The summed E-state index contributed by atoms with van der Waals surface area (Å²) in [5.74, 6) is 1.11. The Bertz CT molecular complexity index is 915. The minimum Gasteiger partial charge on any atom is -0.459 e. The Hall–Kier alpha value is -2.48. The average Bonchev–Trinajstić information content (AvgIpc) is 3.27. The largest absolute Gasteiger partial charge is 0.459 e. The molecule has 3 heterocycles. The summed E-state index contributed by atoms with van der Waals surface area (Å²) in [5.41, 5.74) is 4.45. The molecule has 1 saturated heterocycles. The molecule has 0 unspecified atom stereocenters. The molecule has 0 bridgehead atoms. The SMILES string of the molecule is CCC(=O)O[C@H]1CN(C)C[C@@H]1Nc1nc(NC)c2c(C)c3c(nc2n1)CCC3. The van der Waals surface area contributed by atoms with E-state index in [4.69, 9.17) is 19.7 Å². The fourth-order valence-electron chi connectivity index (χ4n) is 4.29. The van der Waals surface area contributed by atoms with E-state index in [0.29, 0.717) is 24.6 Å². The van der Waals surface area contributed by atoms with Crippen molar-refractivity contribution in [3.05, 3.63) is 16.8 Å². The van der Waals surface area contributed by atoms with Crippen molar-refractivity contribution in [3.8, 4) is 0 Å². The summed E-state index contributed by atoms with van der Waals surface area (Å²) in [6.07, 6.45) is 3.38. The number of carbonyl (C=O) groups excluding carboxylic acids is 1. The zero-order chi connectivity index (χ0) is 19.8. The second-order valence-corrected chi connectivity index (χ2v) is 7.71. The van der Waals surface area contributed by atoms with E-state index in [0.717, 1.165) is 42.7 Å². The number of nitrogens with one attached hydrogen (secondary N) is 2. The number of carbonyl (C=O) groups is 1. The van der Waals surface area contributed by atoms with Gasteiger partial charge in [0, 0.05) is 32.3 Å². The Morgan fingerprint density at radius 2 is 2.07 bits per heavy atom. The highest BCUT2D eigenvalue weighted by molar-refractivity contribution is 5.91. The molecule has 2 atom stereocenters. The van der Waals surface area contributed by atoms with Crippen LogP contribution in [0.25, 0.3) is 11.0 Å². The van der Waals surface area contributed by atoms with Gasteiger partial charge in [0.25, 0.3) is 0 Å². The van der Waals surface area contributed by atoms with Crippen LogP contribution in [0.4, 0.5) is 11.8 Å². The van der Waals surface area contributed by atoms with Gasteiger partial charge in [0.1, 0.15) is 11.9 Å². The predicted octanol–water partition coefficient (Wildman–Crippen LogP) is 1.91. The number of anilines is 2. The Labute approximate surface area is 165 Å². The lowest BCUT2D eigenvalue weighted by Gasteiger charge is -2.21. The normalized spacial score (nSPS) is 21.7. The van der Waals surface area contributed by atoms with E-state index in [9.17, 15) is 4.79 Å². The molecule has 2 N–H and O–H groups in total. The van der Waals surface area contributed by atoms with E-state index in [2.05, 4.69) is 22.5 Å².